The Morgan fingerprint density at radius 2 is 2.27 bits per heavy atom. The van der Waals surface area contributed by atoms with E-state index in [1.807, 2.05) is 17.5 Å². The van der Waals surface area contributed by atoms with Gasteiger partial charge >= 0.3 is 6.03 Å². The van der Waals surface area contributed by atoms with Gasteiger partial charge < -0.3 is 10.4 Å². The SMILES string of the molecule is CCCCc1nnc(NC(=O)NCC(C)(O)c2cccs2)s1. The summed E-state index contributed by atoms with van der Waals surface area (Å²) in [6.07, 6.45) is 3.04. The normalized spacial score (nSPS) is 13.6. The molecule has 0 spiro atoms. The summed E-state index contributed by atoms with van der Waals surface area (Å²) in [4.78, 5) is 12.7. The maximum absolute atomic E-state index is 11.9. The number of hydrogen-bond donors (Lipinski definition) is 3. The molecule has 0 aliphatic rings. The molecule has 2 aromatic heterocycles. The molecule has 2 aromatic rings. The lowest BCUT2D eigenvalue weighted by atomic mass is 10.1. The zero-order valence-corrected chi connectivity index (χ0v) is 14.3. The maximum Gasteiger partial charge on any atom is 0.321 e. The van der Waals surface area contributed by atoms with Crippen LogP contribution in [0, 0.1) is 0 Å². The average Bonchev–Trinajstić information content (AvgIpc) is 3.15. The molecule has 2 amide bonds. The Morgan fingerprint density at radius 1 is 1.45 bits per heavy atom. The van der Waals surface area contributed by atoms with Crippen molar-refractivity contribution in [3.8, 4) is 0 Å². The third-order valence-electron chi connectivity index (χ3n) is 3.08. The zero-order chi connectivity index (χ0) is 16.0. The lowest BCUT2D eigenvalue weighted by Crippen LogP contribution is -2.40. The van der Waals surface area contributed by atoms with Crippen molar-refractivity contribution in [2.75, 3.05) is 11.9 Å². The first-order valence-electron chi connectivity index (χ1n) is 7.15. The summed E-state index contributed by atoms with van der Waals surface area (Å²) in [5, 5.41) is 26.9. The van der Waals surface area contributed by atoms with Gasteiger partial charge in [-0.1, -0.05) is 30.7 Å². The van der Waals surface area contributed by atoms with Crippen LogP contribution in [-0.4, -0.2) is 27.9 Å². The first-order chi connectivity index (χ1) is 10.5. The second-order valence-electron chi connectivity index (χ2n) is 5.16. The molecule has 3 N–H and O–H groups in total. The highest BCUT2D eigenvalue weighted by Gasteiger charge is 2.25. The van der Waals surface area contributed by atoms with Crippen LogP contribution in [0.15, 0.2) is 17.5 Å². The van der Waals surface area contributed by atoms with Crippen molar-refractivity contribution in [3.63, 3.8) is 0 Å². The second-order valence-corrected chi connectivity index (χ2v) is 7.17. The highest BCUT2D eigenvalue weighted by atomic mass is 32.1. The number of rotatable bonds is 7. The molecule has 2 rings (SSSR count). The van der Waals surface area contributed by atoms with Gasteiger partial charge in [-0.15, -0.1) is 21.5 Å². The van der Waals surface area contributed by atoms with Gasteiger partial charge in [-0.2, -0.15) is 0 Å². The zero-order valence-electron chi connectivity index (χ0n) is 12.6. The van der Waals surface area contributed by atoms with E-state index in [0.717, 1.165) is 29.1 Å². The number of thiophene rings is 1. The van der Waals surface area contributed by atoms with Gasteiger partial charge in [0.1, 0.15) is 10.6 Å². The number of unbranched alkanes of at least 4 members (excludes halogenated alkanes) is 1. The smallest absolute Gasteiger partial charge is 0.321 e. The maximum atomic E-state index is 11.9. The molecule has 8 heteroatoms. The molecule has 22 heavy (non-hydrogen) atoms. The third kappa shape index (κ3) is 4.75. The van der Waals surface area contributed by atoms with Crippen molar-refractivity contribution in [2.24, 2.45) is 0 Å². The van der Waals surface area contributed by atoms with E-state index in [0.29, 0.717) is 5.13 Å². The molecule has 0 saturated heterocycles. The quantitative estimate of drug-likeness (QED) is 0.723. The highest BCUT2D eigenvalue weighted by molar-refractivity contribution is 7.15. The monoisotopic (exact) mass is 340 g/mol. The van der Waals surface area contributed by atoms with E-state index < -0.39 is 11.6 Å². The van der Waals surface area contributed by atoms with Crippen LogP contribution in [0.2, 0.25) is 0 Å². The molecule has 6 nitrogen and oxygen atoms in total. The number of urea groups is 1. The molecule has 1 atom stereocenters. The van der Waals surface area contributed by atoms with Gasteiger partial charge in [0, 0.05) is 11.3 Å². The van der Waals surface area contributed by atoms with Crippen LogP contribution < -0.4 is 10.6 Å². The van der Waals surface area contributed by atoms with Gasteiger partial charge in [-0.3, -0.25) is 5.32 Å². The van der Waals surface area contributed by atoms with Gasteiger partial charge in [0.05, 0.1) is 6.54 Å². The number of hydrogen-bond acceptors (Lipinski definition) is 6. The number of anilines is 1. The lowest BCUT2D eigenvalue weighted by Gasteiger charge is -2.22. The largest absolute Gasteiger partial charge is 0.383 e. The molecule has 0 aliphatic carbocycles. The number of carbonyl (C=O) groups is 1. The standard InChI is InChI=1S/C14H20N4O2S2/c1-3-4-7-11-17-18-13(22-11)16-12(19)15-9-14(2,20)10-6-5-8-21-10/h5-6,8,20H,3-4,7,9H2,1-2H3,(H2,15,16,18,19). The van der Waals surface area contributed by atoms with Crippen LogP contribution in [0.4, 0.5) is 9.93 Å². The molecule has 0 aliphatic heterocycles. The van der Waals surface area contributed by atoms with Crippen LogP contribution in [0.1, 0.15) is 36.6 Å². The van der Waals surface area contributed by atoms with Crippen LogP contribution in [0.5, 0.6) is 0 Å². The first kappa shape index (κ1) is 16.9. The van der Waals surface area contributed by atoms with Gasteiger partial charge in [-0.25, -0.2) is 4.79 Å². The summed E-state index contributed by atoms with van der Waals surface area (Å²) < 4.78 is 0. The minimum absolute atomic E-state index is 0.126. The van der Waals surface area contributed by atoms with Crippen LogP contribution in [0.25, 0.3) is 0 Å². The minimum Gasteiger partial charge on any atom is -0.383 e. The summed E-state index contributed by atoms with van der Waals surface area (Å²) in [7, 11) is 0. The van der Waals surface area contributed by atoms with E-state index in [4.69, 9.17) is 0 Å². The summed E-state index contributed by atoms with van der Waals surface area (Å²) in [5.41, 5.74) is -1.08. The Balaban J connectivity index is 1.81. The molecule has 0 saturated carbocycles. The predicted molar refractivity (Wildman–Crippen MR) is 89.4 cm³/mol. The molecular formula is C14H20N4O2S2. The minimum atomic E-state index is -1.08. The molecule has 0 aromatic carbocycles. The Kier molecular flexibility index (Phi) is 5.87. The number of nitrogens with one attached hydrogen (secondary N) is 2. The predicted octanol–water partition coefficient (Wildman–Crippen LogP) is 2.97. The lowest BCUT2D eigenvalue weighted by molar-refractivity contribution is 0.0637. The topological polar surface area (TPSA) is 87.1 Å². The Labute approximate surface area is 137 Å². The summed E-state index contributed by atoms with van der Waals surface area (Å²) in [6, 6.07) is 3.32. The summed E-state index contributed by atoms with van der Waals surface area (Å²) in [5.74, 6) is 0. The second kappa shape index (κ2) is 7.66. The molecule has 0 bridgehead atoms. The van der Waals surface area contributed by atoms with Crippen molar-refractivity contribution >= 4 is 33.8 Å². The van der Waals surface area contributed by atoms with Crippen molar-refractivity contribution in [3.05, 3.63) is 27.4 Å². The fraction of sp³-hybridized carbons (Fsp3) is 0.500. The van der Waals surface area contributed by atoms with Crippen molar-refractivity contribution < 1.29 is 9.90 Å². The average molecular weight is 340 g/mol. The number of carbonyl (C=O) groups excluding carboxylic acids is 1. The number of aromatic nitrogens is 2. The van der Waals surface area contributed by atoms with Crippen LogP contribution >= 0.6 is 22.7 Å². The molecule has 1 unspecified atom stereocenters. The van der Waals surface area contributed by atoms with E-state index >= 15 is 0 Å². The van der Waals surface area contributed by atoms with E-state index in [9.17, 15) is 9.90 Å². The fourth-order valence-electron chi connectivity index (χ4n) is 1.80. The van der Waals surface area contributed by atoms with E-state index in [1.54, 1.807) is 6.92 Å². The highest BCUT2D eigenvalue weighted by Crippen LogP contribution is 2.24. The Hall–Kier alpha value is -1.51. The summed E-state index contributed by atoms with van der Waals surface area (Å²) in [6.45, 7) is 3.92. The van der Waals surface area contributed by atoms with E-state index in [2.05, 4.69) is 27.8 Å². The molecular weight excluding hydrogens is 320 g/mol. The number of aliphatic hydroxyl groups is 1. The number of aryl methyl sites for hydroxylation is 1. The van der Waals surface area contributed by atoms with Gasteiger partial charge in [0.25, 0.3) is 0 Å². The third-order valence-corrected chi connectivity index (χ3v) is 5.10. The van der Waals surface area contributed by atoms with Gasteiger partial charge in [0.2, 0.25) is 5.13 Å². The van der Waals surface area contributed by atoms with Gasteiger partial charge in [0.15, 0.2) is 0 Å². The van der Waals surface area contributed by atoms with Gasteiger partial charge in [-0.05, 0) is 24.8 Å². The number of nitrogens with zero attached hydrogens (tertiary/aromatic N) is 2. The molecule has 120 valence electrons. The molecule has 0 fully saturated rings. The van der Waals surface area contributed by atoms with Crippen molar-refractivity contribution in [1.82, 2.24) is 15.5 Å². The Bertz CT molecular complexity index is 596. The van der Waals surface area contributed by atoms with Crippen molar-refractivity contribution in [2.45, 2.75) is 38.7 Å². The Morgan fingerprint density at radius 3 is 2.95 bits per heavy atom. The number of amides is 2. The van der Waals surface area contributed by atoms with Crippen LogP contribution in [-0.2, 0) is 12.0 Å². The van der Waals surface area contributed by atoms with E-state index in [1.165, 1.54) is 22.7 Å². The molecule has 0 radical (unpaired) electrons. The van der Waals surface area contributed by atoms with Crippen molar-refractivity contribution in [1.29, 1.82) is 0 Å². The molecule has 2 heterocycles. The fourth-order valence-corrected chi connectivity index (χ4v) is 3.36. The van der Waals surface area contributed by atoms with Crippen LogP contribution in [0.3, 0.4) is 0 Å². The first-order valence-corrected chi connectivity index (χ1v) is 8.84. The summed E-state index contributed by atoms with van der Waals surface area (Å²) >= 11 is 2.83. The van der Waals surface area contributed by atoms with E-state index in [-0.39, 0.29) is 6.54 Å².